The Morgan fingerprint density at radius 1 is 0.909 bits per heavy atom. The van der Waals surface area contributed by atoms with Crippen LogP contribution in [0.3, 0.4) is 0 Å². The number of ether oxygens (including phenoxy) is 2. The van der Waals surface area contributed by atoms with Crippen LogP contribution < -0.4 is 0 Å². The van der Waals surface area contributed by atoms with Crippen LogP contribution in [-0.2, 0) is 29.6 Å². The molecule has 0 N–H and O–H groups in total. The monoisotopic (exact) mass is 472 g/mol. The standard InChI is InChI=1S/C27H36O5S/c1-16(2)20-14-22(17(3)4)26(23(15-20)18(5)6)33(28,29)32-25-19(7)27(30-12-13-31-27)24-11-9-8-10-21(24)25/h8-11,14-19,25H,12-13H2,1-7H3. The van der Waals surface area contributed by atoms with Crippen molar-refractivity contribution in [2.45, 2.75) is 83.0 Å². The largest absolute Gasteiger partial charge is 0.343 e. The maximum atomic E-state index is 14.0. The first-order valence-electron chi connectivity index (χ1n) is 12.0. The molecule has 1 aliphatic carbocycles. The summed E-state index contributed by atoms with van der Waals surface area (Å²) in [4.78, 5) is 0.316. The van der Waals surface area contributed by atoms with Crippen molar-refractivity contribution in [2.24, 2.45) is 5.92 Å². The van der Waals surface area contributed by atoms with Gasteiger partial charge in [0, 0.05) is 11.5 Å². The summed E-state index contributed by atoms with van der Waals surface area (Å²) < 4.78 is 46.2. The Bertz CT molecular complexity index is 1100. The number of rotatable bonds is 6. The lowest BCUT2D eigenvalue weighted by atomic mass is 9.89. The van der Waals surface area contributed by atoms with Gasteiger partial charge in [-0.15, -0.1) is 0 Å². The fourth-order valence-electron chi connectivity index (χ4n) is 5.12. The van der Waals surface area contributed by atoms with Crippen molar-refractivity contribution in [2.75, 3.05) is 13.2 Å². The summed E-state index contributed by atoms with van der Waals surface area (Å²) in [5.41, 5.74) is 4.44. The van der Waals surface area contributed by atoms with E-state index in [-0.39, 0.29) is 17.8 Å². The summed E-state index contributed by atoms with van der Waals surface area (Å²) in [5, 5.41) is 0. The molecule has 6 heteroatoms. The summed E-state index contributed by atoms with van der Waals surface area (Å²) >= 11 is 0. The maximum Gasteiger partial charge on any atom is 0.298 e. The lowest BCUT2D eigenvalue weighted by Gasteiger charge is -2.30. The first kappa shape index (κ1) is 24.4. The van der Waals surface area contributed by atoms with Crippen LogP contribution in [0.4, 0.5) is 0 Å². The Kier molecular flexibility index (Phi) is 6.51. The third-order valence-electron chi connectivity index (χ3n) is 6.97. The quantitative estimate of drug-likeness (QED) is 0.458. The normalized spacial score (nSPS) is 22.1. The summed E-state index contributed by atoms with van der Waals surface area (Å²) in [6, 6.07) is 11.8. The summed E-state index contributed by atoms with van der Waals surface area (Å²) in [6.07, 6.45) is -0.686. The highest BCUT2D eigenvalue weighted by molar-refractivity contribution is 7.86. The predicted octanol–water partition coefficient (Wildman–Crippen LogP) is 6.35. The molecule has 0 amide bonds. The third kappa shape index (κ3) is 4.05. The van der Waals surface area contributed by atoms with Gasteiger partial charge < -0.3 is 9.47 Å². The topological polar surface area (TPSA) is 61.8 Å². The second kappa shape index (κ2) is 8.81. The highest BCUT2D eigenvalue weighted by atomic mass is 32.2. The summed E-state index contributed by atoms with van der Waals surface area (Å²) in [6.45, 7) is 15.3. The van der Waals surface area contributed by atoms with E-state index in [0.717, 1.165) is 27.8 Å². The van der Waals surface area contributed by atoms with Crippen LogP contribution in [0.15, 0.2) is 41.3 Å². The number of hydrogen-bond acceptors (Lipinski definition) is 5. The van der Waals surface area contributed by atoms with E-state index in [9.17, 15) is 8.42 Å². The van der Waals surface area contributed by atoms with Crippen molar-refractivity contribution in [3.63, 3.8) is 0 Å². The lowest BCUT2D eigenvalue weighted by Crippen LogP contribution is -2.33. The Hall–Kier alpha value is -1.73. The molecule has 1 spiro atoms. The van der Waals surface area contributed by atoms with Gasteiger partial charge in [-0.25, -0.2) is 0 Å². The second-order valence-electron chi connectivity index (χ2n) is 10.2. The number of benzene rings is 2. The zero-order valence-electron chi connectivity index (χ0n) is 20.7. The van der Waals surface area contributed by atoms with E-state index in [0.29, 0.717) is 24.0 Å². The molecule has 2 aliphatic rings. The van der Waals surface area contributed by atoms with Gasteiger partial charge >= 0.3 is 0 Å². The molecule has 1 heterocycles. The molecule has 4 rings (SSSR count). The van der Waals surface area contributed by atoms with E-state index in [1.165, 1.54) is 0 Å². The van der Waals surface area contributed by atoms with Gasteiger partial charge in [0.05, 0.1) is 13.2 Å². The SMILES string of the molecule is CC(C)c1cc(C(C)C)c(S(=O)(=O)OC2c3ccccc3C3(OCCO3)C2C)c(C(C)C)c1. The smallest absolute Gasteiger partial charge is 0.298 e. The molecule has 2 aromatic carbocycles. The van der Waals surface area contributed by atoms with Gasteiger partial charge in [-0.3, -0.25) is 4.18 Å². The molecular weight excluding hydrogens is 436 g/mol. The Labute approximate surface area is 198 Å². The zero-order chi connectivity index (χ0) is 24.1. The van der Waals surface area contributed by atoms with Gasteiger partial charge in [-0.05, 0) is 40.0 Å². The van der Waals surface area contributed by atoms with Gasteiger partial charge in [-0.1, -0.05) is 84.9 Å². The van der Waals surface area contributed by atoms with Crippen LogP contribution in [-0.4, -0.2) is 21.6 Å². The molecule has 180 valence electrons. The van der Waals surface area contributed by atoms with Crippen LogP contribution in [0.1, 0.15) is 100 Å². The van der Waals surface area contributed by atoms with Crippen molar-refractivity contribution in [3.05, 3.63) is 64.2 Å². The fourth-order valence-corrected chi connectivity index (χ4v) is 6.93. The van der Waals surface area contributed by atoms with Crippen molar-refractivity contribution in [1.29, 1.82) is 0 Å². The molecule has 0 bridgehead atoms. The Morgan fingerprint density at radius 3 is 1.97 bits per heavy atom. The van der Waals surface area contributed by atoms with E-state index in [1.807, 2.05) is 71.0 Å². The summed E-state index contributed by atoms with van der Waals surface area (Å²) in [7, 11) is -4.07. The molecule has 2 aromatic rings. The van der Waals surface area contributed by atoms with Gasteiger partial charge in [0.2, 0.25) is 5.79 Å². The molecule has 1 fully saturated rings. The fraction of sp³-hybridized carbons (Fsp3) is 0.556. The van der Waals surface area contributed by atoms with Crippen LogP contribution in [0, 0.1) is 5.92 Å². The van der Waals surface area contributed by atoms with Gasteiger partial charge in [0.25, 0.3) is 10.1 Å². The van der Waals surface area contributed by atoms with Crippen molar-refractivity contribution >= 4 is 10.1 Å². The molecule has 1 aliphatic heterocycles. The average Bonchev–Trinajstić information content (AvgIpc) is 3.34. The third-order valence-corrected chi connectivity index (χ3v) is 8.40. The van der Waals surface area contributed by atoms with E-state index >= 15 is 0 Å². The first-order valence-corrected chi connectivity index (χ1v) is 13.4. The van der Waals surface area contributed by atoms with E-state index in [4.69, 9.17) is 13.7 Å². The molecule has 1 saturated heterocycles. The molecule has 0 radical (unpaired) electrons. The molecule has 2 unspecified atom stereocenters. The zero-order valence-corrected chi connectivity index (χ0v) is 21.5. The van der Waals surface area contributed by atoms with Crippen molar-refractivity contribution in [3.8, 4) is 0 Å². The van der Waals surface area contributed by atoms with Gasteiger partial charge in [-0.2, -0.15) is 8.42 Å². The van der Waals surface area contributed by atoms with Crippen LogP contribution in [0.25, 0.3) is 0 Å². The minimum atomic E-state index is -4.07. The highest BCUT2D eigenvalue weighted by Gasteiger charge is 2.56. The van der Waals surface area contributed by atoms with E-state index < -0.39 is 22.0 Å². The number of fused-ring (bicyclic) bond motifs is 2. The van der Waals surface area contributed by atoms with Crippen molar-refractivity contribution in [1.82, 2.24) is 0 Å². The van der Waals surface area contributed by atoms with Crippen molar-refractivity contribution < 1.29 is 22.1 Å². The molecule has 0 aromatic heterocycles. The maximum absolute atomic E-state index is 14.0. The van der Waals surface area contributed by atoms with Crippen LogP contribution in [0.2, 0.25) is 0 Å². The molecule has 0 saturated carbocycles. The van der Waals surface area contributed by atoms with E-state index in [1.54, 1.807) is 0 Å². The van der Waals surface area contributed by atoms with Crippen LogP contribution in [0.5, 0.6) is 0 Å². The van der Waals surface area contributed by atoms with Gasteiger partial charge in [0.15, 0.2) is 0 Å². The average molecular weight is 473 g/mol. The Morgan fingerprint density at radius 2 is 1.45 bits per heavy atom. The Balaban J connectivity index is 1.83. The lowest BCUT2D eigenvalue weighted by molar-refractivity contribution is -0.206. The summed E-state index contributed by atoms with van der Waals surface area (Å²) in [5.74, 6) is -0.894. The number of hydrogen-bond donors (Lipinski definition) is 0. The predicted molar refractivity (Wildman–Crippen MR) is 129 cm³/mol. The molecule has 2 atom stereocenters. The molecule has 33 heavy (non-hydrogen) atoms. The second-order valence-corrected chi connectivity index (χ2v) is 11.7. The van der Waals surface area contributed by atoms with Gasteiger partial charge in [0.1, 0.15) is 11.0 Å². The molecule has 5 nitrogen and oxygen atoms in total. The first-order chi connectivity index (χ1) is 15.5. The minimum absolute atomic E-state index is 0.0377. The van der Waals surface area contributed by atoms with E-state index in [2.05, 4.69) is 13.8 Å². The molecular formula is C27H36O5S. The minimum Gasteiger partial charge on any atom is -0.343 e. The van der Waals surface area contributed by atoms with Crippen LogP contribution >= 0.6 is 0 Å². The highest BCUT2D eigenvalue weighted by Crippen LogP contribution is 2.55.